The van der Waals surface area contributed by atoms with Crippen LogP contribution in [0, 0.1) is 5.92 Å². The largest absolute Gasteiger partial charge is 0.387 e. The zero-order valence-electron chi connectivity index (χ0n) is 12.3. The fourth-order valence-electron chi connectivity index (χ4n) is 3.12. The molecule has 1 aliphatic rings. The van der Waals surface area contributed by atoms with Crippen molar-refractivity contribution in [2.75, 3.05) is 19.6 Å². The van der Waals surface area contributed by atoms with E-state index in [2.05, 4.69) is 41.3 Å². The minimum absolute atomic E-state index is 0.263. The lowest BCUT2D eigenvalue weighted by Crippen LogP contribution is -2.36. The number of rotatable bonds is 5. The van der Waals surface area contributed by atoms with Gasteiger partial charge in [-0.25, -0.2) is 0 Å². The number of likely N-dealkylation sites (tertiary alicyclic amines) is 1. The van der Waals surface area contributed by atoms with Crippen LogP contribution in [0.4, 0.5) is 0 Å². The predicted molar refractivity (Wildman–Crippen MR) is 88.6 cm³/mol. The number of piperidine rings is 1. The summed E-state index contributed by atoms with van der Waals surface area (Å²) in [5.74, 6) is 0.427. The van der Waals surface area contributed by atoms with Gasteiger partial charge in [-0.3, -0.25) is 0 Å². The first-order valence-electron chi connectivity index (χ1n) is 7.80. The van der Waals surface area contributed by atoms with Gasteiger partial charge in [-0.05, 0) is 55.3 Å². The van der Waals surface area contributed by atoms with Crippen LogP contribution >= 0.6 is 11.3 Å². The van der Waals surface area contributed by atoms with Crippen LogP contribution in [-0.4, -0.2) is 29.6 Å². The summed E-state index contributed by atoms with van der Waals surface area (Å²) in [5.41, 5.74) is 1.42. The van der Waals surface area contributed by atoms with E-state index in [0.29, 0.717) is 5.92 Å². The minimum atomic E-state index is -0.263. The molecule has 0 spiro atoms. The Hall–Kier alpha value is -1.16. The maximum Gasteiger partial charge on any atom is 0.0910 e. The van der Waals surface area contributed by atoms with E-state index in [4.69, 9.17) is 0 Å². The molecular formula is C18H23NOS. The molecule has 3 heteroatoms. The molecule has 21 heavy (non-hydrogen) atoms. The van der Waals surface area contributed by atoms with Gasteiger partial charge in [0.25, 0.3) is 0 Å². The van der Waals surface area contributed by atoms with Crippen LogP contribution in [0.15, 0.2) is 47.8 Å². The second-order valence-electron chi connectivity index (χ2n) is 5.87. The Morgan fingerprint density at radius 3 is 2.52 bits per heavy atom. The number of aliphatic hydroxyl groups is 1. The number of hydrogen-bond donors (Lipinski definition) is 1. The maximum atomic E-state index is 10.4. The van der Waals surface area contributed by atoms with E-state index in [-0.39, 0.29) is 6.10 Å². The molecule has 0 amide bonds. The first-order valence-corrected chi connectivity index (χ1v) is 8.68. The van der Waals surface area contributed by atoms with E-state index in [1.807, 2.05) is 11.4 Å². The predicted octanol–water partition coefficient (Wildman–Crippen LogP) is 3.74. The molecule has 0 saturated carbocycles. The molecule has 1 aromatic heterocycles. The molecule has 1 aliphatic heterocycles. The van der Waals surface area contributed by atoms with Crippen molar-refractivity contribution in [3.05, 3.63) is 58.3 Å². The summed E-state index contributed by atoms with van der Waals surface area (Å²) in [6, 6.07) is 14.8. The topological polar surface area (TPSA) is 23.5 Å². The van der Waals surface area contributed by atoms with E-state index in [9.17, 15) is 5.11 Å². The molecule has 2 heterocycles. The first-order chi connectivity index (χ1) is 10.3. The normalized spacial score (nSPS) is 18.7. The minimum Gasteiger partial charge on any atom is -0.387 e. The third-order valence-electron chi connectivity index (χ3n) is 4.47. The van der Waals surface area contributed by atoms with Crippen molar-refractivity contribution in [2.45, 2.75) is 25.4 Å². The van der Waals surface area contributed by atoms with Crippen molar-refractivity contribution in [3.8, 4) is 0 Å². The molecule has 1 N–H and O–H groups in total. The van der Waals surface area contributed by atoms with Crippen molar-refractivity contribution in [3.63, 3.8) is 0 Å². The molecule has 1 fully saturated rings. The quantitative estimate of drug-likeness (QED) is 0.909. The lowest BCUT2D eigenvalue weighted by atomic mass is 9.90. The van der Waals surface area contributed by atoms with Crippen LogP contribution in [-0.2, 0) is 6.42 Å². The Bertz CT molecular complexity index is 517. The highest BCUT2D eigenvalue weighted by atomic mass is 32.1. The van der Waals surface area contributed by atoms with Crippen LogP contribution in [0.3, 0.4) is 0 Å². The van der Waals surface area contributed by atoms with Gasteiger partial charge in [0.15, 0.2) is 0 Å². The Kier molecular flexibility index (Phi) is 5.07. The number of aliphatic hydroxyl groups excluding tert-OH is 1. The summed E-state index contributed by atoms with van der Waals surface area (Å²) in [7, 11) is 0. The Morgan fingerprint density at radius 2 is 1.86 bits per heavy atom. The monoisotopic (exact) mass is 301 g/mol. The van der Waals surface area contributed by atoms with E-state index in [1.165, 1.54) is 5.56 Å². The molecule has 1 unspecified atom stereocenters. The van der Waals surface area contributed by atoms with Crippen molar-refractivity contribution in [1.29, 1.82) is 0 Å². The smallest absolute Gasteiger partial charge is 0.0910 e. The zero-order valence-corrected chi connectivity index (χ0v) is 13.1. The van der Waals surface area contributed by atoms with E-state index >= 15 is 0 Å². The summed E-state index contributed by atoms with van der Waals surface area (Å²) in [4.78, 5) is 3.66. The number of thiophene rings is 1. The highest BCUT2D eigenvalue weighted by Crippen LogP contribution is 2.32. The molecule has 112 valence electrons. The van der Waals surface area contributed by atoms with Crippen molar-refractivity contribution in [2.24, 2.45) is 5.92 Å². The number of benzene rings is 1. The molecule has 1 saturated heterocycles. The van der Waals surface area contributed by atoms with Gasteiger partial charge in [0.2, 0.25) is 0 Å². The van der Waals surface area contributed by atoms with Crippen LogP contribution < -0.4 is 0 Å². The maximum absolute atomic E-state index is 10.4. The molecule has 2 aromatic rings. The average molecular weight is 301 g/mol. The third kappa shape index (κ3) is 3.94. The van der Waals surface area contributed by atoms with Gasteiger partial charge in [-0.15, -0.1) is 11.3 Å². The molecule has 1 atom stereocenters. The van der Waals surface area contributed by atoms with Crippen molar-refractivity contribution in [1.82, 2.24) is 4.90 Å². The standard InChI is InChI=1S/C18H23NOS/c20-18(17-7-4-14-21-17)16-9-12-19(13-10-16)11-8-15-5-2-1-3-6-15/h1-7,14,16,18,20H,8-13H2. The Labute approximate surface area is 131 Å². The van der Waals surface area contributed by atoms with E-state index < -0.39 is 0 Å². The average Bonchev–Trinajstić information content (AvgIpc) is 3.08. The second-order valence-corrected chi connectivity index (χ2v) is 6.85. The summed E-state index contributed by atoms with van der Waals surface area (Å²) in [6.07, 6.45) is 3.07. The summed E-state index contributed by atoms with van der Waals surface area (Å²) in [6.45, 7) is 3.35. The molecule has 0 radical (unpaired) electrons. The van der Waals surface area contributed by atoms with Gasteiger partial charge in [0.1, 0.15) is 0 Å². The highest BCUT2D eigenvalue weighted by molar-refractivity contribution is 7.10. The van der Waals surface area contributed by atoms with Crippen LogP contribution in [0.5, 0.6) is 0 Å². The van der Waals surface area contributed by atoms with Crippen LogP contribution in [0.1, 0.15) is 29.4 Å². The molecule has 0 aliphatic carbocycles. The molecule has 2 nitrogen and oxygen atoms in total. The lowest BCUT2D eigenvalue weighted by molar-refractivity contribution is 0.0616. The summed E-state index contributed by atoms with van der Waals surface area (Å²) >= 11 is 1.67. The van der Waals surface area contributed by atoms with E-state index in [0.717, 1.165) is 43.8 Å². The van der Waals surface area contributed by atoms with Crippen molar-refractivity contribution >= 4 is 11.3 Å². The van der Waals surface area contributed by atoms with Crippen molar-refractivity contribution < 1.29 is 5.11 Å². The summed E-state index contributed by atoms with van der Waals surface area (Å²) in [5, 5.41) is 12.5. The van der Waals surface area contributed by atoms with Gasteiger partial charge in [0, 0.05) is 11.4 Å². The van der Waals surface area contributed by atoms with Crippen LogP contribution in [0.25, 0.3) is 0 Å². The van der Waals surface area contributed by atoms with Gasteiger partial charge in [0.05, 0.1) is 6.10 Å². The zero-order chi connectivity index (χ0) is 14.5. The molecule has 1 aromatic carbocycles. The Morgan fingerprint density at radius 1 is 1.10 bits per heavy atom. The second kappa shape index (κ2) is 7.21. The van der Waals surface area contributed by atoms with Gasteiger partial charge in [-0.1, -0.05) is 36.4 Å². The van der Waals surface area contributed by atoms with Gasteiger partial charge < -0.3 is 10.0 Å². The summed E-state index contributed by atoms with van der Waals surface area (Å²) < 4.78 is 0. The fourth-order valence-corrected chi connectivity index (χ4v) is 3.92. The first kappa shape index (κ1) is 14.8. The van der Waals surface area contributed by atoms with E-state index in [1.54, 1.807) is 11.3 Å². The molecule has 0 bridgehead atoms. The fraction of sp³-hybridized carbons (Fsp3) is 0.444. The SMILES string of the molecule is OC(c1cccs1)C1CCN(CCc2ccccc2)CC1. The Balaban J connectivity index is 1.45. The van der Waals surface area contributed by atoms with Crippen LogP contribution in [0.2, 0.25) is 0 Å². The van der Waals surface area contributed by atoms with Gasteiger partial charge in [-0.2, -0.15) is 0 Å². The lowest BCUT2D eigenvalue weighted by Gasteiger charge is -2.34. The van der Waals surface area contributed by atoms with Gasteiger partial charge >= 0.3 is 0 Å². The highest BCUT2D eigenvalue weighted by Gasteiger charge is 2.26. The number of hydrogen-bond acceptors (Lipinski definition) is 3. The molecule has 3 rings (SSSR count). The number of nitrogens with zero attached hydrogens (tertiary/aromatic N) is 1. The molecular weight excluding hydrogens is 278 g/mol. The third-order valence-corrected chi connectivity index (χ3v) is 5.42.